The van der Waals surface area contributed by atoms with Crippen molar-refractivity contribution in [1.29, 1.82) is 0 Å². The van der Waals surface area contributed by atoms with Gasteiger partial charge in [0, 0.05) is 0 Å². The molecule has 19 heavy (non-hydrogen) atoms. The van der Waals surface area contributed by atoms with Crippen LogP contribution in [-0.2, 0) is 15.2 Å². The molecule has 0 amide bonds. The third-order valence-electron chi connectivity index (χ3n) is 1.51. The van der Waals surface area contributed by atoms with Gasteiger partial charge in [0.1, 0.15) is 18.3 Å². The van der Waals surface area contributed by atoms with Crippen LogP contribution in [0.1, 0.15) is 2.85 Å². The third kappa shape index (κ3) is 14.6. The van der Waals surface area contributed by atoms with Gasteiger partial charge in [0.15, 0.2) is 6.10 Å². The molecular weight excluding hydrogens is 320 g/mol. The van der Waals surface area contributed by atoms with Crippen LogP contribution < -0.4 is 0 Å². The molecule has 0 aromatic carbocycles. The Kier molecular flexibility index (Phi) is 14.3. The summed E-state index contributed by atoms with van der Waals surface area (Å²) in [5, 5.41) is 51.8. The molecule has 8 N–H and O–H groups in total. The van der Waals surface area contributed by atoms with Crippen LogP contribution in [0.5, 0.6) is 0 Å². The average molecular weight is 336 g/mol. The fourth-order valence-corrected chi connectivity index (χ4v) is 0.668. The fraction of sp³-hybridized carbons (Fsp3) is 0.833. The predicted octanol–water partition coefficient (Wildman–Crippen LogP) is -4.30. The van der Waals surface area contributed by atoms with Crippen LogP contribution in [0, 0.1) is 0 Å². The monoisotopic (exact) mass is 336 g/mol. The molecule has 4 atom stereocenters. The van der Waals surface area contributed by atoms with E-state index in [-0.39, 0.29) is 40.6 Å². The van der Waals surface area contributed by atoms with Crippen LogP contribution in [0.15, 0.2) is 0 Å². The van der Waals surface area contributed by atoms with Gasteiger partial charge in [-0.2, -0.15) is 8.42 Å². The van der Waals surface area contributed by atoms with Gasteiger partial charge in [-0.25, -0.2) is 4.79 Å². The molecule has 0 saturated carbocycles. The minimum atomic E-state index is -4.67. The number of hydrogen-bond acceptors (Lipinski definition) is 8. The van der Waals surface area contributed by atoms with Gasteiger partial charge in [-0.3, -0.25) is 9.11 Å². The second-order valence-corrected chi connectivity index (χ2v) is 3.86. The van der Waals surface area contributed by atoms with E-state index in [1.807, 2.05) is 0 Å². The Hall–Kier alpha value is 0.400. The van der Waals surface area contributed by atoms with Crippen LogP contribution >= 0.6 is 0 Å². The smallest absolute Gasteiger partial charge is 1.00 e. The predicted molar refractivity (Wildman–Crippen MR) is 60.9 cm³/mol. The molecule has 0 heterocycles. The van der Waals surface area contributed by atoms with Gasteiger partial charge >= 0.3 is 54.1 Å². The molecule has 0 aliphatic carbocycles. The summed E-state index contributed by atoms with van der Waals surface area (Å²) in [4.78, 5) is 10.1. The molecule has 11 nitrogen and oxygen atoms in total. The number of carboxylic acid groups (broad SMARTS) is 1. The summed E-state index contributed by atoms with van der Waals surface area (Å²) in [7, 11) is -4.67. The minimum Gasteiger partial charge on any atom is -1.00 e. The van der Waals surface area contributed by atoms with E-state index in [1.54, 1.807) is 0 Å². The molecule has 0 spiro atoms. The maximum atomic E-state index is 10.1. The molecule has 0 aliphatic rings. The molecule has 114 valence electrons. The molecule has 13 heteroatoms. The molecule has 0 fully saturated rings. The van der Waals surface area contributed by atoms with Crippen molar-refractivity contribution in [3.8, 4) is 0 Å². The van der Waals surface area contributed by atoms with Gasteiger partial charge in [0.2, 0.25) is 0 Å². The van der Waals surface area contributed by atoms with Crippen molar-refractivity contribution in [2.75, 3.05) is 6.61 Å². The van der Waals surface area contributed by atoms with Crippen molar-refractivity contribution in [2.45, 2.75) is 24.4 Å². The summed E-state index contributed by atoms with van der Waals surface area (Å²) in [6, 6.07) is 0. The van der Waals surface area contributed by atoms with Gasteiger partial charge in [-0.15, -0.1) is 0 Å². The Labute approximate surface area is 140 Å². The number of aliphatic hydroxyl groups is 5. The zero-order chi connectivity index (χ0) is 15.1. The zero-order valence-corrected chi connectivity index (χ0v) is 12.5. The van der Waals surface area contributed by atoms with Gasteiger partial charge < -0.3 is 33.5 Å². The molecule has 0 aromatic heterocycles. The first kappa shape index (κ1) is 24.4. The number of aliphatic hydroxyl groups excluding tert-OH is 5. The van der Waals surface area contributed by atoms with Gasteiger partial charge in [-0.1, -0.05) is 0 Å². The van der Waals surface area contributed by atoms with Crippen molar-refractivity contribution in [3.63, 3.8) is 0 Å². The molecule has 0 aliphatic heterocycles. The summed E-state index contributed by atoms with van der Waals surface area (Å²) in [6.07, 6.45) is -7.84. The van der Waals surface area contributed by atoms with E-state index in [0.717, 1.165) is 0 Å². The topological polar surface area (TPSA) is 213 Å². The Morgan fingerprint density at radius 2 is 1.37 bits per heavy atom. The fourth-order valence-electron chi connectivity index (χ4n) is 0.668. The number of hydrogen-bond donors (Lipinski definition) is 8. The summed E-state index contributed by atoms with van der Waals surface area (Å²) in [5.41, 5.74) is 0. The summed E-state index contributed by atoms with van der Waals surface area (Å²) in [5.74, 6) is -1.73. The molecule has 0 aromatic rings. The largest absolute Gasteiger partial charge is 2.00 e. The first-order chi connectivity index (χ1) is 7.91. The molecular formula is C6H16CaO11S. The van der Waals surface area contributed by atoms with Crippen molar-refractivity contribution in [3.05, 3.63) is 0 Å². The average Bonchev–Trinajstić information content (AvgIpc) is 2.22. The van der Waals surface area contributed by atoms with Crippen molar-refractivity contribution < 1.29 is 55.8 Å². The maximum Gasteiger partial charge on any atom is 2.00 e. The second-order valence-electron chi connectivity index (χ2n) is 2.96. The normalized spacial score (nSPS) is 17.0. The molecule has 0 saturated heterocycles. The van der Waals surface area contributed by atoms with Crippen molar-refractivity contribution in [2.24, 2.45) is 0 Å². The molecule has 0 bridgehead atoms. The Morgan fingerprint density at radius 1 is 1.05 bits per heavy atom. The Bertz CT molecular complexity index is 345. The SMILES string of the molecule is O=C(O)[C@H](O)[C@@H](O)[C@H](O)[C@H](O)CO.O=S(=O)(O)O.[Ca+2].[H-].[H-]. The van der Waals surface area contributed by atoms with E-state index in [1.165, 1.54) is 0 Å². The van der Waals surface area contributed by atoms with E-state index < -0.39 is 47.4 Å². The number of rotatable bonds is 5. The number of carboxylic acids is 1. The second kappa shape index (κ2) is 11.1. The minimum absolute atomic E-state index is 0. The van der Waals surface area contributed by atoms with E-state index in [0.29, 0.717) is 0 Å². The quantitative estimate of drug-likeness (QED) is 0.177. The van der Waals surface area contributed by atoms with Crippen LogP contribution in [0.4, 0.5) is 0 Å². The van der Waals surface area contributed by atoms with Gasteiger partial charge in [-0.05, 0) is 0 Å². The van der Waals surface area contributed by atoms with Crippen LogP contribution in [0.3, 0.4) is 0 Å². The zero-order valence-electron chi connectivity index (χ0n) is 11.4. The molecule has 0 radical (unpaired) electrons. The number of aliphatic carboxylic acids is 1. The molecule has 0 rings (SSSR count). The summed E-state index contributed by atoms with van der Waals surface area (Å²) >= 11 is 0. The first-order valence-corrected chi connectivity index (χ1v) is 5.57. The third-order valence-corrected chi connectivity index (χ3v) is 1.51. The van der Waals surface area contributed by atoms with Crippen molar-refractivity contribution >= 4 is 54.1 Å². The van der Waals surface area contributed by atoms with E-state index in [4.69, 9.17) is 48.2 Å². The summed E-state index contributed by atoms with van der Waals surface area (Å²) in [6.45, 7) is -0.843. The van der Waals surface area contributed by atoms with E-state index >= 15 is 0 Å². The Balaban J connectivity index is -0.0000000933. The summed E-state index contributed by atoms with van der Waals surface area (Å²) < 4.78 is 31.6. The number of carbonyl (C=O) groups is 1. The van der Waals surface area contributed by atoms with E-state index in [9.17, 15) is 4.79 Å². The van der Waals surface area contributed by atoms with Crippen LogP contribution in [-0.4, -0.2) is 123 Å². The van der Waals surface area contributed by atoms with Gasteiger partial charge in [0.25, 0.3) is 0 Å². The Morgan fingerprint density at radius 3 is 1.58 bits per heavy atom. The standard InChI is InChI=1S/C6H12O7.Ca.H2O4S.2H/c7-1-2(8)3(9)4(10)5(11)6(12)13;;1-5(2,3)4;;/h2-5,7-11H,1H2,(H,12,13);;(H2,1,2,3,4);;/q;+2;;2*-1/t2-,3-,4+,5-;;;;/m1..../s1. The van der Waals surface area contributed by atoms with Crippen LogP contribution in [0.2, 0.25) is 0 Å². The van der Waals surface area contributed by atoms with Crippen LogP contribution in [0.25, 0.3) is 0 Å². The maximum absolute atomic E-state index is 10.1. The molecule has 0 unspecified atom stereocenters. The van der Waals surface area contributed by atoms with Crippen molar-refractivity contribution in [1.82, 2.24) is 0 Å². The first-order valence-electron chi connectivity index (χ1n) is 4.17. The van der Waals surface area contributed by atoms with E-state index in [2.05, 4.69) is 0 Å². The van der Waals surface area contributed by atoms with Gasteiger partial charge in [0.05, 0.1) is 6.61 Å².